The zero-order valence-electron chi connectivity index (χ0n) is 12.7. The molecule has 0 saturated carbocycles. The number of nitrogens with zero attached hydrogens (tertiary/aromatic N) is 1. The molecule has 0 aromatic heterocycles. The van der Waals surface area contributed by atoms with Gasteiger partial charge in [0.25, 0.3) is 0 Å². The summed E-state index contributed by atoms with van der Waals surface area (Å²) >= 11 is 0. The summed E-state index contributed by atoms with van der Waals surface area (Å²) in [5.41, 5.74) is 0. The van der Waals surface area contributed by atoms with Gasteiger partial charge in [0, 0.05) is 40.5 Å². The van der Waals surface area contributed by atoms with Crippen LogP contribution >= 0.6 is 0 Å². The number of ether oxygens (including phenoxy) is 2. The summed E-state index contributed by atoms with van der Waals surface area (Å²) in [7, 11) is 3.52. The molecule has 0 amide bonds. The quantitative estimate of drug-likeness (QED) is 0.510. The van der Waals surface area contributed by atoms with Crippen molar-refractivity contribution < 1.29 is 9.47 Å². The number of methoxy groups -OCH3 is 2. The molecule has 0 saturated heterocycles. The number of hydrogen-bond donors (Lipinski definition) is 1. The van der Waals surface area contributed by atoms with Crippen LogP contribution in [0.3, 0.4) is 0 Å². The van der Waals surface area contributed by atoms with Crippen molar-refractivity contribution in [3.05, 3.63) is 0 Å². The lowest BCUT2D eigenvalue weighted by atomic mass is 10.1. The van der Waals surface area contributed by atoms with Crippen LogP contribution in [0, 0.1) is 5.92 Å². The zero-order chi connectivity index (χ0) is 13.6. The first-order chi connectivity index (χ1) is 8.74. The maximum absolute atomic E-state index is 5.17. The molecular formula is C14H32N2O2. The van der Waals surface area contributed by atoms with Gasteiger partial charge in [0.05, 0.1) is 6.61 Å². The first-order valence-electron chi connectivity index (χ1n) is 7.15. The fourth-order valence-electron chi connectivity index (χ4n) is 1.98. The van der Waals surface area contributed by atoms with Gasteiger partial charge in [-0.2, -0.15) is 0 Å². The Morgan fingerprint density at radius 3 is 2.44 bits per heavy atom. The van der Waals surface area contributed by atoms with E-state index in [1.165, 1.54) is 6.42 Å². The van der Waals surface area contributed by atoms with Crippen LogP contribution in [-0.4, -0.2) is 65.1 Å². The molecule has 1 N–H and O–H groups in total. The Labute approximate surface area is 113 Å². The Balaban J connectivity index is 3.80. The van der Waals surface area contributed by atoms with Gasteiger partial charge in [-0.1, -0.05) is 13.8 Å². The fraction of sp³-hybridized carbons (Fsp3) is 1.00. The van der Waals surface area contributed by atoms with E-state index in [0.717, 1.165) is 52.4 Å². The monoisotopic (exact) mass is 260 g/mol. The summed E-state index contributed by atoms with van der Waals surface area (Å²) in [6.45, 7) is 11.6. The van der Waals surface area contributed by atoms with Crippen LogP contribution in [0.1, 0.15) is 26.7 Å². The van der Waals surface area contributed by atoms with E-state index in [1.807, 2.05) is 0 Å². The van der Waals surface area contributed by atoms with Gasteiger partial charge >= 0.3 is 0 Å². The van der Waals surface area contributed by atoms with E-state index in [9.17, 15) is 0 Å². The SMILES string of the molecule is CCCNCC(C)CN(CCCOC)CCOC. The minimum absolute atomic E-state index is 0.677. The second kappa shape index (κ2) is 13.3. The molecule has 0 spiro atoms. The Morgan fingerprint density at radius 2 is 1.83 bits per heavy atom. The molecular weight excluding hydrogens is 228 g/mol. The first kappa shape index (κ1) is 17.8. The van der Waals surface area contributed by atoms with Crippen LogP contribution in [0.25, 0.3) is 0 Å². The minimum Gasteiger partial charge on any atom is -0.385 e. The highest BCUT2D eigenvalue weighted by Crippen LogP contribution is 2.01. The van der Waals surface area contributed by atoms with Crippen molar-refractivity contribution in [3.63, 3.8) is 0 Å². The molecule has 0 aliphatic carbocycles. The number of rotatable bonds is 13. The van der Waals surface area contributed by atoms with Gasteiger partial charge in [0.2, 0.25) is 0 Å². The third kappa shape index (κ3) is 11.0. The van der Waals surface area contributed by atoms with Gasteiger partial charge in [-0.15, -0.1) is 0 Å². The van der Waals surface area contributed by atoms with Crippen molar-refractivity contribution in [1.29, 1.82) is 0 Å². The number of hydrogen-bond acceptors (Lipinski definition) is 4. The van der Waals surface area contributed by atoms with E-state index in [1.54, 1.807) is 14.2 Å². The van der Waals surface area contributed by atoms with Crippen molar-refractivity contribution in [3.8, 4) is 0 Å². The van der Waals surface area contributed by atoms with Gasteiger partial charge in [-0.05, 0) is 31.8 Å². The molecule has 1 atom stereocenters. The predicted octanol–water partition coefficient (Wildman–Crippen LogP) is 1.61. The molecule has 0 fully saturated rings. The first-order valence-corrected chi connectivity index (χ1v) is 7.15. The van der Waals surface area contributed by atoms with E-state index >= 15 is 0 Å². The van der Waals surface area contributed by atoms with Crippen molar-refractivity contribution in [2.45, 2.75) is 26.7 Å². The molecule has 0 aliphatic heterocycles. The highest BCUT2D eigenvalue weighted by Gasteiger charge is 2.09. The van der Waals surface area contributed by atoms with Crippen molar-refractivity contribution in [2.24, 2.45) is 5.92 Å². The Hall–Kier alpha value is -0.160. The molecule has 0 aromatic carbocycles. The van der Waals surface area contributed by atoms with Crippen LogP contribution in [0.15, 0.2) is 0 Å². The Kier molecular flexibility index (Phi) is 13.2. The van der Waals surface area contributed by atoms with Gasteiger partial charge in [0.1, 0.15) is 0 Å². The molecule has 4 heteroatoms. The largest absolute Gasteiger partial charge is 0.385 e. The standard InChI is InChI=1S/C14H32N2O2/c1-5-7-15-12-14(2)13-16(9-11-18-4)8-6-10-17-3/h14-15H,5-13H2,1-4H3. The topological polar surface area (TPSA) is 33.7 Å². The van der Waals surface area contributed by atoms with E-state index in [0.29, 0.717) is 5.92 Å². The summed E-state index contributed by atoms with van der Waals surface area (Å²) in [5.74, 6) is 0.677. The average molecular weight is 260 g/mol. The molecule has 0 heterocycles. The minimum atomic E-state index is 0.677. The fourth-order valence-corrected chi connectivity index (χ4v) is 1.98. The van der Waals surface area contributed by atoms with Crippen LogP contribution in [0.5, 0.6) is 0 Å². The van der Waals surface area contributed by atoms with Gasteiger partial charge in [0.15, 0.2) is 0 Å². The second-order valence-electron chi connectivity index (χ2n) is 4.95. The molecule has 0 radical (unpaired) electrons. The third-order valence-electron chi connectivity index (χ3n) is 2.92. The van der Waals surface area contributed by atoms with Gasteiger partial charge < -0.3 is 19.7 Å². The third-order valence-corrected chi connectivity index (χ3v) is 2.92. The smallest absolute Gasteiger partial charge is 0.0589 e. The molecule has 0 bridgehead atoms. The van der Waals surface area contributed by atoms with E-state index in [2.05, 4.69) is 24.1 Å². The van der Waals surface area contributed by atoms with Crippen LogP contribution < -0.4 is 5.32 Å². The summed E-state index contributed by atoms with van der Waals surface area (Å²) in [6, 6.07) is 0. The zero-order valence-corrected chi connectivity index (χ0v) is 12.7. The molecule has 0 aromatic rings. The normalized spacial score (nSPS) is 13.2. The summed E-state index contributed by atoms with van der Waals surface area (Å²) in [4.78, 5) is 2.47. The molecule has 18 heavy (non-hydrogen) atoms. The number of nitrogens with one attached hydrogen (secondary N) is 1. The van der Waals surface area contributed by atoms with Crippen molar-refractivity contribution >= 4 is 0 Å². The summed E-state index contributed by atoms with van der Waals surface area (Å²) < 4.78 is 10.3. The van der Waals surface area contributed by atoms with E-state index in [-0.39, 0.29) is 0 Å². The molecule has 0 aliphatic rings. The Morgan fingerprint density at radius 1 is 1.11 bits per heavy atom. The van der Waals surface area contributed by atoms with E-state index in [4.69, 9.17) is 9.47 Å². The lowest BCUT2D eigenvalue weighted by Crippen LogP contribution is -2.36. The van der Waals surface area contributed by atoms with Crippen molar-refractivity contribution in [2.75, 3.05) is 60.2 Å². The van der Waals surface area contributed by atoms with Gasteiger partial charge in [-0.25, -0.2) is 0 Å². The average Bonchev–Trinajstić information content (AvgIpc) is 2.36. The van der Waals surface area contributed by atoms with Crippen LogP contribution in [-0.2, 0) is 9.47 Å². The van der Waals surface area contributed by atoms with Gasteiger partial charge in [-0.3, -0.25) is 0 Å². The molecule has 0 rings (SSSR count). The lowest BCUT2D eigenvalue weighted by molar-refractivity contribution is 0.124. The highest BCUT2D eigenvalue weighted by molar-refractivity contribution is 4.65. The molecule has 1 unspecified atom stereocenters. The maximum atomic E-state index is 5.17. The molecule has 4 nitrogen and oxygen atoms in total. The van der Waals surface area contributed by atoms with Crippen LogP contribution in [0.4, 0.5) is 0 Å². The summed E-state index contributed by atoms with van der Waals surface area (Å²) in [5, 5.41) is 3.48. The lowest BCUT2D eigenvalue weighted by Gasteiger charge is -2.25. The molecule has 110 valence electrons. The Bertz CT molecular complexity index is 168. The highest BCUT2D eigenvalue weighted by atomic mass is 16.5. The second-order valence-corrected chi connectivity index (χ2v) is 4.95. The maximum Gasteiger partial charge on any atom is 0.0589 e. The summed E-state index contributed by atoms with van der Waals surface area (Å²) in [6.07, 6.45) is 2.29. The van der Waals surface area contributed by atoms with E-state index < -0.39 is 0 Å². The predicted molar refractivity (Wildman–Crippen MR) is 77.1 cm³/mol. The van der Waals surface area contributed by atoms with Crippen molar-refractivity contribution in [1.82, 2.24) is 10.2 Å². The van der Waals surface area contributed by atoms with Crippen LogP contribution in [0.2, 0.25) is 0 Å².